The number of rotatable bonds is 2. The minimum atomic E-state index is -0.875. The van der Waals surface area contributed by atoms with E-state index in [0.29, 0.717) is 22.0 Å². The summed E-state index contributed by atoms with van der Waals surface area (Å²) in [5.41, 5.74) is 1.58. The minimum absolute atomic E-state index is 0.341. The molecule has 2 amide bonds. The lowest BCUT2D eigenvalue weighted by Gasteiger charge is -2.13. The molecule has 26 heavy (non-hydrogen) atoms. The van der Waals surface area contributed by atoms with Gasteiger partial charge in [0.05, 0.1) is 11.4 Å². The quantitative estimate of drug-likeness (QED) is 0.723. The Morgan fingerprint density at radius 1 is 1.04 bits per heavy atom. The molecule has 4 rings (SSSR count). The number of hydrogen-bond acceptors (Lipinski definition) is 3. The van der Waals surface area contributed by atoms with Crippen molar-refractivity contribution in [1.29, 1.82) is 0 Å². The maximum atomic E-state index is 12.6. The average Bonchev–Trinajstić information content (AvgIpc) is 2.79. The van der Waals surface area contributed by atoms with E-state index < -0.39 is 6.04 Å². The molecule has 0 bridgehead atoms. The van der Waals surface area contributed by atoms with E-state index >= 15 is 0 Å². The smallest absolute Gasteiger partial charge is 0.252 e. The molecule has 1 aliphatic rings. The van der Waals surface area contributed by atoms with E-state index in [0.717, 1.165) is 10.8 Å². The molecule has 3 aromatic carbocycles. The van der Waals surface area contributed by atoms with Gasteiger partial charge < -0.3 is 10.6 Å². The number of fused-ring (bicyclic) bond motifs is 2. The zero-order chi connectivity index (χ0) is 18.1. The van der Waals surface area contributed by atoms with E-state index in [9.17, 15) is 9.59 Å². The van der Waals surface area contributed by atoms with Crippen molar-refractivity contribution in [2.75, 3.05) is 5.32 Å². The lowest BCUT2D eigenvalue weighted by atomic mass is 10.1. The van der Waals surface area contributed by atoms with Crippen LogP contribution in [0.1, 0.15) is 10.4 Å². The number of aliphatic imine (C=N–C) groups is 1. The number of hydrogen-bond donors (Lipinski definition) is 2. The van der Waals surface area contributed by atoms with Crippen molar-refractivity contribution in [2.45, 2.75) is 6.04 Å². The van der Waals surface area contributed by atoms with Gasteiger partial charge in [-0.3, -0.25) is 14.6 Å². The Labute approximate surface area is 154 Å². The second-order valence-electron chi connectivity index (χ2n) is 5.94. The Hall–Kier alpha value is -3.18. The predicted octanol–water partition coefficient (Wildman–Crippen LogP) is 3.95. The third-order valence-corrected chi connectivity index (χ3v) is 4.39. The van der Waals surface area contributed by atoms with Crippen molar-refractivity contribution in [3.63, 3.8) is 0 Å². The first-order valence-corrected chi connectivity index (χ1v) is 8.42. The molecule has 1 heterocycles. The molecule has 0 unspecified atom stereocenters. The van der Waals surface area contributed by atoms with Crippen LogP contribution in [0.2, 0.25) is 5.02 Å². The number of carbonyl (C=O) groups is 2. The number of carbonyl (C=O) groups excluding carboxylic acids is 2. The lowest BCUT2D eigenvalue weighted by Crippen LogP contribution is -2.44. The summed E-state index contributed by atoms with van der Waals surface area (Å²) in [5, 5.41) is 7.95. The van der Waals surface area contributed by atoms with Crippen LogP contribution in [0.15, 0.2) is 65.7 Å². The number of halogens is 1. The SMILES string of the molecule is O=C(N[C@H]1C=Nc2ccc(Cl)cc2NC1=O)c1ccc2ccccc2c1. The standard InChI is InChI=1S/C20H14ClN3O2/c21-15-7-8-16-17(10-15)23-20(26)18(11-22-16)24-19(25)14-6-5-12-3-1-2-4-13(12)9-14/h1-11,18H,(H,23,26)(H,24,25)/t18-/m0/s1. The van der Waals surface area contributed by atoms with Crippen molar-refractivity contribution >= 4 is 51.8 Å². The molecule has 1 atom stereocenters. The van der Waals surface area contributed by atoms with Crippen LogP contribution in [0.4, 0.5) is 11.4 Å². The van der Waals surface area contributed by atoms with E-state index in [1.165, 1.54) is 6.21 Å². The van der Waals surface area contributed by atoms with Crippen LogP contribution >= 0.6 is 11.6 Å². The number of amides is 2. The van der Waals surface area contributed by atoms with Gasteiger partial charge in [0.2, 0.25) is 0 Å². The molecule has 0 radical (unpaired) electrons. The maximum Gasteiger partial charge on any atom is 0.252 e. The highest BCUT2D eigenvalue weighted by Gasteiger charge is 2.23. The van der Waals surface area contributed by atoms with Crippen LogP contribution in [0, 0.1) is 0 Å². The zero-order valence-corrected chi connectivity index (χ0v) is 14.3. The lowest BCUT2D eigenvalue weighted by molar-refractivity contribution is -0.116. The van der Waals surface area contributed by atoms with Gasteiger partial charge in [-0.15, -0.1) is 0 Å². The van der Waals surface area contributed by atoms with Gasteiger partial charge in [-0.1, -0.05) is 41.9 Å². The van der Waals surface area contributed by atoms with Crippen LogP contribution in [-0.2, 0) is 4.79 Å². The summed E-state index contributed by atoms with van der Waals surface area (Å²) in [4.78, 5) is 29.2. The van der Waals surface area contributed by atoms with Crippen molar-refractivity contribution in [3.05, 3.63) is 71.2 Å². The van der Waals surface area contributed by atoms with Crippen molar-refractivity contribution in [2.24, 2.45) is 4.99 Å². The van der Waals surface area contributed by atoms with Gasteiger partial charge in [0.15, 0.2) is 0 Å². The van der Waals surface area contributed by atoms with Gasteiger partial charge in [0, 0.05) is 16.8 Å². The van der Waals surface area contributed by atoms with Gasteiger partial charge in [-0.2, -0.15) is 0 Å². The largest absolute Gasteiger partial charge is 0.336 e. The van der Waals surface area contributed by atoms with Crippen LogP contribution in [0.5, 0.6) is 0 Å². The predicted molar refractivity (Wildman–Crippen MR) is 103 cm³/mol. The summed E-state index contributed by atoms with van der Waals surface area (Å²) in [6.45, 7) is 0. The molecule has 0 aromatic heterocycles. The summed E-state index contributed by atoms with van der Waals surface area (Å²) in [6.07, 6.45) is 1.42. The summed E-state index contributed by atoms with van der Waals surface area (Å²) >= 11 is 5.95. The second kappa shape index (κ2) is 6.61. The van der Waals surface area contributed by atoms with E-state index in [1.807, 2.05) is 30.3 Å². The summed E-state index contributed by atoms with van der Waals surface area (Å²) in [5.74, 6) is -0.713. The molecule has 0 saturated heterocycles. The molecular formula is C20H14ClN3O2. The molecule has 0 aliphatic carbocycles. The Morgan fingerprint density at radius 2 is 1.85 bits per heavy atom. The maximum absolute atomic E-state index is 12.6. The number of benzene rings is 3. The molecule has 6 heteroatoms. The fourth-order valence-electron chi connectivity index (χ4n) is 2.81. The van der Waals surface area contributed by atoms with Gasteiger partial charge in [-0.05, 0) is 41.1 Å². The Bertz CT molecular complexity index is 1060. The third kappa shape index (κ3) is 3.17. The molecule has 5 nitrogen and oxygen atoms in total. The van der Waals surface area contributed by atoms with E-state index in [4.69, 9.17) is 11.6 Å². The molecule has 128 valence electrons. The van der Waals surface area contributed by atoms with E-state index in [-0.39, 0.29) is 11.8 Å². The number of nitrogens with one attached hydrogen (secondary N) is 2. The summed E-state index contributed by atoms with van der Waals surface area (Å²) < 4.78 is 0. The van der Waals surface area contributed by atoms with Gasteiger partial charge in [-0.25, -0.2) is 0 Å². The number of anilines is 1. The van der Waals surface area contributed by atoms with Gasteiger partial charge in [0.25, 0.3) is 11.8 Å². The molecule has 1 aliphatic heterocycles. The van der Waals surface area contributed by atoms with Crippen LogP contribution in [-0.4, -0.2) is 24.1 Å². The zero-order valence-electron chi connectivity index (χ0n) is 13.6. The first kappa shape index (κ1) is 16.3. The molecular weight excluding hydrogens is 350 g/mol. The first-order chi connectivity index (χ1) is 12.6. The summed E-state index contributed by atoms with van der Waals surface area (Å²) in [6, 6.07) is 17.3. The normalized spacial score (nSPS) is 15.9. The fraction of sp³-hybridized carbons (Fsp3) is 0.0500. The monoisotopic (exact) mass is 363 g/mol. The highest BCUT2D eigenvalue weighted by Crippen LogP contribution is 2.29. The Balaban J connectivity index is 1.56. The fourth-order valence-corrected chi connectivity index (χ4v) is 2.98. The van der Waals surface area contributed by atoms with Crippen LogP contribution in [0.3, 0.4) is 0 Å². The topological polar surface area (TPSA) is 70.6 Å². The third-order valence-electron chi connectivity index (χ3n) is 4.16. The first-order valence-electron chi connectivity index (χ1n) is 8.04. The summed E-state index contributed by atoms with van der Waals surface area (Å²) in [7, 11) is 0. The van der Waals surface area contributed by atoms with Crippen molar-refractivity contribution < 1.29 is 9.59 Å². The number of nitrogens with zero attached hydrogens (tertiary/aromatic N) is 1. The average molecular weight is 364 g/mol. The van der Waals surface area contributed by atoms with E-state index in [2.05, 4.69) is 15.6 Å². The van der Waals surface area contributed by atoms with Gasteiger partial charge in [0.1, 0.15) is 6.04 Å². The molecule has 2 N–H and O–H groups in total. The van der Waals surface area contributed by atoms with Crippen LogP contribution in [0.25, 0.3) is 10.8 Å². The Kier molecular flexibility index (Phi) is 4.14. The Morgan fingerprint density at radius 3 is 2.69 bits per heavy atom. The highest BCUT2D eigenvalue weighted by atomic mass is 35.5. The highest BCUT2D eigenvalue weighted by molar-refractivity contribution is 6.31. The van der Waals surface area contributed by atoms with Crippen LogP contribution < -0.4 is 10.6 Å². The van der Waals surface area contributed by atoms with Crippen molar-refractivity contribution in [3.8, 4) is 0 Å². The second-order valence-corrected chi connectivity index (χ2v) is 6.38. The molecule has 0 fully saturated rings. The van der Waals surface area contributed by atoms with Crippen molar-refractivity contribution in [1.82, 2.24) is 5.32 Å². The molecule has 3 aromatic rings. The van der Waals surface area contributed by atoms with Gasteiger partial charge >= 0.3 is 0 Å². The molecule has 0 saturated carbocycles. The molecule has 0 spiro atoms. The van der Waals surface area contributed by atoms with E-state index in [1.54, 1.807) is 30.3 Å². The minimum Gasteiger partial charge on any atom is -0.336 e.